The van der Waals surface area contributed by atoms with Crippen molar-refractivity contribution in [1.29, 1.82) is 0 Å². The number of carboxylic acids is 1. The van der Waals surface area contributed by atoms with E-state index in [1.165, 1.54) is 36.3 Å². The van der Waals surface area contributed by atoms with E-state index < -0.39 is 45.8 Å². The zero-order valence-electron chi connectivity index (χ0n) is 24.5. The van der Waals surface area contributed by atoms with Crippen molar-refractivity contribution < 1.29 is 50.9 Å². The van der Waals surface area contributed by atoms with Gasteiger partial charge in [-0.15, -0.1) is 11.3 Å². The average molecular weight is 759 g/mol. The number of methoxy groups -OCH3 is 1. The summed E-state index contributed by atoms with van der Waals surface area (Å²) in [5.41, 5.74) is -1.37. The van der Waals surface area contributed by atoms with Crippen LogP contribution < -0.4 is 9.04 Å². The summed E-state index contributed by atoms with van der Waals surface area (Å²) in [5, 5.41) is 18.2. The number of likely N-dealkylation sites (N-methyl/N-ethyl adjacent to an activating group) is 1. The maximum Gasteiger partial charge on any atom is 0.490 e. The number of aliphatic hydroxyl groups is 1. The topological polar surface area (TPSA) is 145 Å². The highest BCUT2D eigenvalue weighted by atomic mass is 35.5. The van der Waals surface area contributed by atoms with Crippen LogP contribution in [0.25, 0.3) is 0 Å². The van der Waals surface area contributed by atoms with Crippen LogP contribution in [0.1, 0.15) is 17.5 Å². The van der Waals surface area contributed by atoms with Crippen LogP contribution in [0.2, 0.25) is 14.4 Å². The first kappa shape index (κ1) is 36.7. The summed E-state index contributed by atoms with van der Waals surface area (Å²) in [5.74, 6) is -3.73. The van der Waals surface area contributed by atoms with Crippen molar-refractivity contribution in [2.75, 3.05) is 32.1 Å². The molecule has 5 rings (SSSR count). The molecule has 0 saturated carbocycles. The molecule has 254 valence electrons. The van der Waals surface area contributed by atoms with Gasteiger partial charge in [0.1, 0.15) is 14.3 Å². The number of carbonyl (C=O) groups is 3. The van der Waals surface area contributed by atoms with Crippen molar-refractivity contribution in [3.63, 3.8) is 0 Å². The maximum atomic E-state index is 14.9. The van der Waals surface area contributed by atoms with E-state index in [2.05, 4.69) is 0 Å². The normalized spacial score (nSPS) is 21.2. The maximum absolute atomic E-state index is 14.9. The molecule has 1 saturated heterocycles. The monoisotopic (exact) mass is 757 g/mol. The van der Waals surface area contributed by atoms with Crippen LogP contribution in [0.15, 0.2) is 52.7 Å². The van der Waals surface area contributed by atoms with Crippen molar-refractivity contribution in [2.45, 2.75) is 34.5 Å². The number of hydrogen-bond acceptors (Lipinski definition) is 9. The lowest BCUT2D eigenvalue weighted by Crippen LogP contribution is -2.59. The van der Waals surface area contributed by atoms with Gasteiger partial charge >= 0.3 is 12.1 Å². The zero-order valence-corrected chi connectivity index (χ0v) is 28.4. The second-order valence-electron chi connectivity index (χ2n) is 10.4. The molecule has 0 aliphatic carbocycles. The molecule has 2 aliphatic rings. The Morgan fingerprint density at radius 2 is 1.70 bits per heavy atom. The number of carbonyl (C=O) groups excluding carboxylic acids is 2. The number of nitrogens with zero attached hydrogens (tertiary/aromatic N) is 3. The molecule has 1 aromatic heterocycles. The van der Waals surface area contributed by atoms with Gasteiger partial charge < -0.3 is 19.8 Å². The lowest BCUT2D eigenvalue weighted by Gasteiger charge is -2.42. The molecule has 2 amide bonds. The van der Waals surface area contributed by atoms with E-state index in [1.807, 2.05) is 0 Å². The van der Waals surface area contributed by atoms with Crippen LogP contribution >= 0.6 is 46.1 Å². The predicted octanol–water partition coefficient (Wildman–Crippen LogP) is 4.85. The fourth-order valence-corrected chi connectivity index (χ4v) is 9.07. The first-order valence-electron chi connectivity index (χ1n) is 13.2. The van der Waals surface area contributed by atoms with Crippen LogP contribution in [-0.4, -0.2) is 92.3 Å². The van der Waals surface area contributed by atoms with E-state index in [0.29, 0.717) is 4.31 Å². The molecule has 3 atom stereocenters. The van der Waals surface area contributed by atoms with Gasteiger partial charge in [-0.2, -0.15) is 25.9 Å². The third-order valence-corrected chi connectivity index (χ3v) is 11.6. The summed E-state index contributed by atoms with van der Waals surface area (Å²) in [7, 11) is 0.0258. The second kappa shape index (κ2) is 13.4. The third-order valence-electron chi connectivity index (χ3n) is 7.35. The molecule has 47 heavy (non-hydrogen) atoms. The number of benzene rings is 2. The molecule has 3 heterocycles. The molecule has 0 spiro atoms. The first-order chi connectivity index (χ1) is 21.8. The fourth-order valence-electron chi connectivity index (χ4n) is 5.48. The lowest BCUT2D eigenvalue weighted by atomic mass is 9.80. The third kappa shape index (κ3) is 6.51. The number of alkyl halides is 3. The molecule has 2 aliphatic heterocycles. The Balaban J connectivity index is 0.000000644. The number of sulfonamides is 1. The highest BCUT2D eigenvalue weighted by Gasteiger charge is 2.64. The minimum atomic E-state index is -5.08. The summed E-state index contributed by atoms with van der Waals surface area (Å²) < 4.78 is 66.2. The highest BCUT2D eigenvalue weighted by Crippen LogP contribution is 2.55. The summed E-state index contributed by atoms with van der Waals surface area (Å²) >= 11 is 19.4. The van der Waals surface area contributed by atoms with Crippen LogP contribution in [0.5, 0.6) is 5.75 Å². The number of amides is 2. The number of carboxylic acid groups (broad SMARTS) is 1. The second-order valence-corrected chi connectivity index (χ2v) is 14.9. The van der Waals surface area contributed by atoms with Gasteiger partial charge in [-0.25, -0.2) is 4.79 Å². The summed E-state index contributed by atoms with van der Waals surface area (Å²) in [4.78, 5) is 40.2. The van der Waals surface area contributed by atoms with Crippen LogP contribution in [-0.2, 0) is 29.9 Å². The molecular weight excluding hydrogens is 734 g/mol. The van der Waals surface area contributed by atoms with Crippen molar-refractivity contribution in [3.05, 3.63) is 74.0 Å². The number of likely N-dealkylation sites (tertiary alicyclic amines) is 1. The number of halogens is 6. The Hall–Kier alpha value is -3.12. The van der Waals surface area contributed by atoms with Gasteiger partial charge in [0, 0.05) is 36.8 Å². The van der Waals surface area contributed by atoms with Gasteiger partial charge in [0.05, 0.1) is 30.0 Å². The Bertz CT molecular complexity index is 1820. The summed E-state index contributed by atoms with van der Waals surface area (Å²) in [6.45, 7) is -0.107. The number of fused-ring (bicyclic) bond motifs is 1. The number of β-amino-alcohol motifs (C(OH)–C–C–N with tert-alkyl or cyclic N) is 1. The van der Waals surface area contributed by atoms with E-state index in [-0.39, 0.29) is 60.0 Å². The number of aliphatic hydroxyl groups excluding tert-OH is 1. The van der Waals surface area contributed by atoms with Crippen molar-refractivity contribution in [2.24, 2.45) is 0 Å². The number of rotatable bonds is 6. The van der Waals surface area contributed by atoms with Crippen molar-refractivity contribution in [1.82, 2.24) is 9.80 Å². The number of aliphatic carboxylic acids is 1. The Morgan fingerprint density at radius 1 is 1.09 bits per heavy atom. The smallest absolute Gasteiger partial charge is 0.490 e. The van der Waals surface area contributed by atoms with Crippen LogP contribution in [0.3, 0.4) is 0 Å². The van der Waals surface area contributed by atoms with Crippen LogP contribution in [0, 0.1) is 0 Å². The molecule has 0 radical (unpaired) electrons. The SMILES string of the molecule is COc1ccccc1C1(N2C[C@H](O)C[C@H]2C(=O)N(C)C)C(=O)N(S(=O)(=O)c2cc(Cl)c(Cl)s2)c2ccc(Cl)cc21.O=C(O)C(F)(F)F. The quantitative estimate of drug-likeness (QED) is 0.361. The number of anilines is 1. The minimum Gasteiger partial charge on any atom is -0.496 e. The molecule has 19 heteroatoms. The van der Waals surface area contributed by atoms with E-state index in [9.17, 15) is 36.3 Å². The average Bonchev–Trinajstić information content (AvgIpc) is 3.63. The molecule has 2 N–H and O–H groups in total. The van der Waals surface area contributed by atoms with Gasteiger partial charge in [-0.1, -0.05) is 53.0 Å². The van der Waals surface area contributed by atoms with E-state index in [1.54, 1.807) is 43.3 Å². The highest BCUT2D eigenvalue weighted by molar-refractivity contribution is 7.95. The zero-order chi connectivity index (χ0) is 35.2. The number of thiophene rings is 1. The fraction of sp³-hybridized carbons (Fsp3) is 0.321. The predicted molar refractivity (Wildman–Crippen MR) is 168 cm³/mol. The Kier molecular flexibility index (Phi) is 10.5. The summed E-state index contributed by atoms with van der Waals surface area (Å²) in [6, 6.07) is 11.3. The van der Waals surface area contributed by atoms with E-state index in [0.717, 1.165) is 11.3 Å². The molecule has 11 nitrogen and oxygen atoms in total. The molecule has 3 aromatic rings. The molecule has 0 bridgehead atoms. The van der Waals surface area contributed by atoms with Crippen molar-refractivity contribution >= 4 is 79.6 Å². The molecule has 1 unspecified atom stereocenters. The van der Waals surface area contributed by atoms with Gasteiger partial charge in [-0.3, -0.25) is 14.5 Å². The number of para-hydroxylation sites is 1. The summed E-state index contributed by atoms with van der Waals surface area (Å²) in [6.07, 6.45) is -6.03. The van der Waals surface area contributed by atoms with Crippen molar-refractivity contribution in [3.8, 4) is 5.75 Å². The molecular formula is C28H25Cl3F3N3O8S2. The van der Waals surface area contributed by atoms with Gasteiger partial charge in [-0.05, 0) is 36.8 Å². The van der Waals surface area contributed by atoms with E-state index in [4.69, 9.17) is 49.4 Å². The minimum absolute atomic E-state index is 0.0278. The molecule has 1 fully saturated rings. The Morgan fingerprint density at radius 3 is 2.23 bits per heavy atom. The standard InChI is InChI=1S/C26H24Cl3N3O6S2.C2HF3O2/c1-30(2)24(34)20-11-15(33)13-31(20)26(16-6-4-5-7-21(16)38-3)17-10-14(27)8-9-19(17)32(25(26)35)40(36,37)22-12-18(28)23(29)39-22;3-2(4,5)1(6)7/h4-10,12,15,20,33H,11,13H2,1-3H3;(H,6,7)/t15-,20+,26?;/m1./s1. The van der Waals surface area contributed by atoms with Gasteiger partial charge in [0.15, 0.2) is 5.54 Å². The van der Waals surface area contributed by atoms with Crippen LogP contribution in [0.4, 0.5) is 18.9 Å². The molecule has 2 aromatic carbocycles. The number of hydrogen-bond donors (Lipinski definition) is 2. The lowest BCUT2D eigenvalue weighted by molar-refractivity contribution is -0.192. The van der Waals surface area contributed by atoms with Gasteiger partial charge in [0.2, 0.25) is 5.91 Å². The van der Waals surface area contributed by atoms with Gasteiger partial charge in [0.25, 0.3) is 15.9 Å². The first-order valence-corrected chi connectivity index (χ1v) is 16.6. The largest absolute Gasteiger partial charge is 0.496 e. The number of ether oxygens (including phenoxy) is 1. The Labute approximate surface area is 285 Å². The van der Waals surface area contributed by atoms with E-state index >= 15 is 0 Å².